The molecule has 0 amide bonds. The third-order valence-corrected chi connectivity index (χ3v) is 3.25. The smallest absolute Gasteiger partial charge is 0.109 e. The van der Waals surface area contributed by atoms with E-state index in [0.717, 1.165) is 33.5 Å². The minimum atomic E-state index is 0.875. The van der Waals surface area contributed by atoms with Crippen LogP contribution in [0.3, 0.4) is 0 Å². The Hall–Kier alpha value is -2.95. The Morgan fingerprint density at radius 3 is 2.70 bits per heavy atom. The Morgan fingerprint density at radius 2 is 1.85 bits per heavy atom. The van der Waals surface area contributed by atoms with Crippen LogP contribution in [0.2, 0.25) is 0 Å². The molecular formula is C15H11N5. The number of hydrogen-bond acceptors (Lipinski definition) is 3. The van der Waals surface area contributed by atoms with Crippen LogP contribution in [0.5, 0.6) is 0 Å². The van der Waals surface area contributed by atoms with Gasteiger partial charge in [0.05, 0.1) is 23.1 Å². The zero-order valence-corrected chi connectivity index (χ0v) is 10.5. The van der Waals surface area contributed by atoms with Crippen molar-refractivity contribution in [2.45, 2.75) is 0 Å². The highest BCUT2D eigenvalue weighted by atomic mass is 15.1. The van der Waals surface area contributed by atoms with Gasteiger partial charge >= 0.3 is 0 Å². The molecule has 0 fully saturated rings. The van der Waals surface area contributed by atoms with Crippen molar-refractivity contribution in [1.29, 1.82) is 0 Å². The highest BCUT2D eigenvalue weighted by Gasteiger charge is 2.08. The van der Waals surface area contributed by atoms with Crippen LogP contribution in [0, 0.1) is 0 Å². The van der Waals surface area contributed by atoms with Gasteiger partial charge in [-0.15, -0.1) is 0 Å². The van der Waals surface area contributed by atoms with Crippen LogP contribution in [0.15, 0.2) is 55.1 Å². The molecule has 0 bridgehead atoms. The van der Waals surface area contributed by atoms with Crippen molar-refractivity contribution in [2.75, 3.05) is 0 Å². The van der Waals surface area contributed by atoms with Crippen LogP contribution < -0.4 is 0 Å². The predicted molar refractivity (Wildman–Crippen MR) is 76.9 cm³/mol. The number of aromatic nitrogens is 5. The Labute approximate surface area is 114 Å². The molecule has 4 heterocycles. The van der Waals surface area contributed by atoms with Gasteiger partial charge in [0.1, 0.15) is 5.69 Å². The van der Waals surface area contributed by atoms with Gasteiger partial charge in [0.25, 0.3) is 0 Å². The largest absolute Gasteiger partial charge is 0.352 e. The fourth-order valence-corrected chi connectivity index (χ4v) is 2.24. The molecule has 0 atom stereocenters. The quantitative estimate of drug-likeness (QED) is 0.582. The molecular weight excluding hydrogens is 250 g/mol. The highest BCUT2D eigenvalue weighted by Crippen LogP contribution is 2.25. The van der Waals surface area contributed by atoms with E-state index in [9.17, 15) is 0 Å². The Bertz CT molecular complexity index is 827. The summed E-state index contributed by atoms with van der Waals surface area (Å²) >= 11 is 0. The summed E-state index contributed by atoms with van der Waals surface area (Å²) < 4.78 is 0. The van der Waals surface area contributed by atoms with Crippen molar-refractivity contribution < 1.29 is 0 Å². The van der Waals surface area contributed by atoms with E-state index in [1.165, 1.54) is 0 Å². The first-order valence-corrected chi connectivity index (χ1v) is 6.29. The highest BCUT2D eigenvalue weighted by molar-refractivity contribution is 5.84. The maximum Gasteiger partial charge on any atom is 0.109 e. The molecule has 20 heavy (non-hydrogen) atoms. The number of nitrogens with zero attached hydrogens (tertiary/aromatic N) is 3. The molecule has 0 unspecified atom stereocenters. The second kappa shape index (κ2) is 4.31. The molecule has 4 rings (SSSR count). The Morgan fingerprint density at radius 1 is 0.900 bits per heavy atom. The van der Waals surface area contributed by atoms with Gasteiger partial charge in [-0.2, -0.15) is 5.10 Å². The van der Waals surface area contributed by atoms with E-state index in [1.54, 1.807) is 12.4 Å². The number of hydrogen-bond donors (Lipinski definition) is 2. The fraction of sp³-hybridized carbons (Fsp3) is 0. The van der Waals surface area contributed by atoms with Crippen molar-refractivity contribution in [3.8, 4) is 22.6 Å². The molecule has 0 aliphatic heterocycles. The van der Waals surface area contributed by atoms with E-state index in [0.29, 0.717) is 0 Å². The van der Waals surface area contributed by atoms with Gasteiger partial charge in [0.15, 0.2) is 0 Å². The monoisotopic (exact) mass is 261 g/mol. The van der Waals surface area contributed by atoms with Crippen LogP contribution in [-0.2, 0) is 0 Å². The van der Waals surface area contributed by atoms with Crippen LogP contribution in [0.1, 0.15) is 0 Å². The van der Waals surface area contributed by atoms with Crippen molar-refractivity contribution in [1.82, 2.24) is 25.1 Å². The minimum absolute atomic E-state index is 0.875. The van der Waals surface area contributed by atoms with E-state index >= 15 is 0 Å². The lowest BCUT2D eigenvalue weighted by atomic mass is 10.2. The summed E-state index contributed by atoms with van der Waals surface area (Å²) in [5.74, 6) is 0. The van der Waals surface area contributed by atoms with Crippen LogP contribution in [0.25, 0.3) is 33.5 Å². The summed E-state index contributed by atoms with van der Waals surface area (Å²) in [6.45, 7) is 0. The second-order valence-corrected chi connectivity index (χ2v) is 4.55. The lowest BCUT2D eigenvalue weighted by molar-refractivity contribution is 1.09. The molecule has 0 radical (unpaired) electrons. The lowest BCUT2D eigenvalue weighted by Crippen LogP contribution is -1.78. The van der Waals surface area contributed by atoms with Gasteiger partial charge in [-0.25, -0.2) is 0 Å². The fourth-order valence-electron chi connectivity index (χ4n) is 2.24. The van der Waals surface area contributed by atoms with Gasteiger partial charge < -0.3 is 4.98 Å². The first kappa shape index (κ1) is 10.9. The van der Waals surface area contributed by atoms with Crippen molar-refractivity contribution in [3.05, 3.63) is 55.1 Å². The normalized spacial score (nSPS) is 11.0. The van der Waals surface area contributed by atoms with E-state index in [2.05, 4.69) is 31.2 Å². The van der Waals surface area contributed by atoms with Crippen LogP contribution in [-0.4, -0.2) is 25.1 Å². The zero-order valence-electron chi connectivity index (χ0n) is 10.5. The van der Waals surface area contributed by atoms with Crippen molar-refractivity contribution >= 4 is 10.9 Å². The van der Waals surface area contributed by atoms with E-state index in [-0.39, 0.29) is 0 Å². The minimum Gasteiger partial charge on any atom is -0.352 e. The third-order valence-electron chi connectivity index (χ3n) is 3.25. The van der Waals surface area contributed by atoms with Gasteiger partial charge in [-0.05, 0) is 30.3 Å². The summed E-state index contributed by atoms with van der Waals surface area (Å²) in [4.78, 5) is 11.5. The standard InChI is InChI=1S/C15H11N5/c1-2-11(8-16-4-1)12-7-14(20-19-12)13-6-10-3-5-17-9-15(10)18-13/h1-9,18H,(H,19,20). The SMILES string of the molecule is c1cncc(-c2cc(-c3cc4ccncc4[nH]3)n[nH]2)c1. The molecule has 0 saturated heterocycles. The maximum absolute atomic E-state index is 4.35. The molecule has 0 saturated carbocycles. The molecule has 4 aromatic rings. The number of rotatable bonds is 2. The van der Waals surface area contributed by atoms with E-state index in [4.69, 9.17) is 0 Å². The number of aromatic amines is 2. The zero-order chi connectivity index (χ0) is 13.4. The summed E-state index contributed by atoms with van der Waals surface area (Å²) in [5.41, 5.74) is 4.82. The third kappa shape index (κ3) is 1.76. The lowest BCUT2D eigenvalue weighted by Gasteiger charge is -1.93. The molecule has 0 aliphatic carbocycles. The molecule has 96 valence electrons. The van der Waals surface area contributed by atoms with Gasteiger partial charge in [-0.3, -0.25) is 15.1 Å². The summed E-state index contributed by atoms with van der Waals surface area (Å²) in [5, 5.41) is 8.52. The average molecular weight is 261 g/mol. The van der Waals surface area contributed by atoms with E-state index < -0.39 is 0 Å². The molecule has 2 N–H and O–H groups in total. The van der Waals surface area contributed by atoms with Crippen LogP contribution in [0.4, 0.5) is 0 Å². The summed E-state index contributed by atoms with van der Waals surface area (Å²) in [6, 6.07) is 9.96. The van der Waals surface area contributed by atoms with Crippen molar-refractivity contribution in [3.63, 3.8) is 0 Å². The molecule has 0 aliphatic rings. The second-order valence-electron chi connectivity index (χ2n) is 4.55. The number of H-pyrrole nitrogens is 2. The topological polar surface area (TPSA) is 70.2 Å². The van der Waals surface area contributed by atoms with Gasteiger partial charge in [0.2, 0.25) is 0 Å². The molecule has 0 aromatic carbocycles. The van der Waals surface area contributed by atoms with Gasteiger partial charge in [0, 0.05) is 29.5 Å². The number of nitrogens with one attached hydrogen (secondary N) is 2. The first-order valence-electron chi connectivity index (χ1n) is 6.29. The number of fused-ring (bicyclic) bond motifs is 1. The van der Waals surface area contributed by atoms with Gasteiger partial charge in [-0.1, -0.05) is 0 Å². The summed E-state index contributed by atoms with van der Waals surface area (Å²) in [6.07, 6.45) is 7.16. The molecule has 5 heteroatoms. The molecule has 5 nitrogen and oxygen atoms in total. The maximum atomic E-state index is 4.35. The first-order chi connectivity index (χ1) is 9.90. The summed E-state index contributed by atoms with van der Waals surface area (Å²) in [7, 11) is 0. The Kier molecular flexibility index (Phi) is 2.35. The molecule has 0 spiro atoms. The molecule has 4 aromatic heterocycles. The predicted octanol–water partition coefficient (Wildman–Crippen LogP) is 3.01. The number of pyridine rings is 2. The average Bonchev–Trinajstić information content (AvgIpc) is 3.14. The Balaban J connectivity index is 1.78. The van der Waals surface area contributed by atoms with Crippen LogP contribution >= 0.6 is 0 Å². The van der Waals surface area contributed by atoms with E-state index in [1.807, 2.05) is 36.7 Å². The van der Waals surface area contributed by atoms with Crippen molar-refractivity contribution in [2.24, 2.45) is 0 Å².